The minimum absolute atomic E-state index is 0.0227. The monoisotopic (exact) mass is 456 g/mol. The van der Waals surface area contributed by atoms with E-state index in [0.29, 0.717) is 5.69 Å². The number of carbonyl (C=O) groups is 3. The number of likely N-dealkylation sites (N-methyl/N-ethyl adjacent to an activating group) is 1. The van der Waals surface area contributed by atoms with Crippen molar-refractivity contribution < 1.29 is 24.2 Å². The van der Waals surface area contributed by atoms with E-state index in [1.807, 2.05) is 24.3 Å². The summed E-state index contributed by atoms with van der Waals surface area (Å²) in [5, 5.41) is 11.7. The van der Waals surface area contributed by atoms with Gasteiger partial charge in [0, 0.05) is 31.3 Å². The van der Waals surface area contributed by atoms with Crippen molar-refractivity contribution in [3.05, 3.63) is 102 Å². The highest BCUT2D eigenvalue weighted by atomic mass is 16.5. The van der Waals surface area contributed by atoms with Crippen LogP contribution in [-0.4, -0.2) is 43.3 Å². The number of anilines is 1. The van der Waals surface area contributed by atoms with Gasteiger partial charge in [0.1, 0.15) is 6.61 Å². The van der Waals surface area contributed by atoms with E-state index < -0.39 is 12.1 Å². The number of benzene rings is 3. The van der Waals surface area contributed by atoms with E-state index in [2.05, 4.69) is 29.6 Å². The van der Waals surface area contributed by atoms with Crippen LogP contribution in [0.1, 0.15) is 27.4 Å². The van der Waals surface area contributed by atoms with Gasteiger partial charge in [-0.05, 0) is 40.5 Å². The Balaban J connectivity index is 1.28. The maximum Gasteiger partial charge on any atom is 0.407 e. The summed E-state index contributed by atoms with van der Waals surface area (Å²) in [5.41, 5.74) is 5.14. The Hall–Kier alpha value is -4.39. The van der Waals surface area contributed by atoms with Crippen LogP contribution in [0.3, 0.4) is 0 Å². The van der Waals surface area contributed by atoms with Gasteiger partial charge in [0.25, 0.3) is 0 Å². The Morgan fingerprint density at radius 2 is 1.62 bits per heavy atom. The molecule has 3 aromatic rings. The summed E-state index contributed by atoms with van der Waals surface area (Å²) in [7, 11) is 1.55. The second kappa shape index (κ2) is 10.0. The van der Waals surface area contributed by atoms with Gasteiger partial charge in [-0.2, -0.15) is 0 Å². The number of ether oxygens (including phenoxy) is 1. The highest BCUT2D eigenvalue weighted by molar-refractivity contribution is 6.01. The van der Waals surface area contributed by atoms with Crippen LogP contribution in [-0.2, 0) is 9.53 Å². The van der Waals surface area contributed by atoms with Crippen LogP contribution in [0.15, 0.2) is 84.9 Å². The molecule has 0 unspecified atom stereocenters. The number of fused-ring (bicyclic) bond motifs is 3. The molecule has 0 radical (unpaired) electrons. The molecule has 0 spiro atoms. The molecule has 2 amide bonds. The number of carbonyl (C=O) groups excluding carboxylic acids is 2. The van der Waals surface area contributed by atoms with Gasteiger partial charge >= 0.3 is 12.1 Å². The molecule has 7 heteroatoms. The summed E-state index contributed by atoms with van der Waals surface area (Å²) in [6.45, 7) is 0.330. The van der Waals surface area contributed by atoms with Crippen LogP contribution in [0.2, 0.25) is 0 Å². The number of carboxylic acids is 1. The molecule has 7 nitrogen and oxygen atoms in total. The van der Waals surface area contributed by atoms with Crippen molar-refractivity contribution in [1.82, 2.24) is 5.32 Å². The van der Waals surface area contributed by atoms with Crippen LogP contribution in [0.5, 0.6) is 0 Å². The summed E-state index contributed by atoms with van der Waals surface area (Å²) in [6.07, 6.45) is 2.26. The first-order chi connectivity index (χ1) is 16.5. The minimum atomic E-state index is -1.06. The van der Waals surface area contributed by atoms with E-state index in [9.17, 15) is 14.4 Å². The van der Waals surface area contributed by atoms with Gasteiger partial charge in [0.2, 0.25) is 5.91 Å². The van der Waals surface area contributed by atoms with Gasteiger partial charge in [0.15, 0.2) is 0 Å². The zero-order chi connectivity index (χ0) is 24.1. The van der Waals surface area contributed by atoms with Crippen LogP contribution >= 0.6 is 0 Å². The number of nitrogens with zero attached hydrogens (tertiary/aromatic N) is 1. The van der Waals surface area contributed by atoms with Gasteiger partial charge in [-0.1, -0.05) is 60.7 Å². The van der Waals surface area contributed by atoms with Gasteiger partial charge in [-0.25, -0.2) is 9.59 Å². The molecule has 0 aliphatic heterocycles. The van der Waals surface area contributed by atoms with Gasteiger partial charge in [-0.3, -0.25) is 4.79 Å². The molecule has 4 rings (SSSR count). The fourth-order valence-corrected chi connectivity index (χ4v) is 4.04. The van der Waals surface area contributed by atoms with E-state index in [1.165, 1.54) is 29.2 Å². The normalized spacial score (nSPS) is 12.1. The molecule has 3 aromatic carbocycles. The van der Waals surface area contributed by atoms with E-state index in [1.54, 1.807) is 19.2 Å². The number of nitrogens with one attached hydrogen (secondary N) is 1. The smallest absolute Gasteiger partial charge is 0.407 e. The number of amides is 2. The Labute approximate surface area is 197 Å². The second-order valence-corrected chi connectivity index (χ2v) is 7.86. The maximum absolute atomic E-state index is 12.4. The predicted molar refractivity (Wildman–Crippen MR) is 129 cm³/mol. The molecule has 172 valence electrons. The van der Waals surface area contributed by atoms with E-state index >= 15 is 0 Å². The molecule has 1 aliphatic rings. The molecule has 0 bridgehead atoms. The zero-order valence-corrected chi connectivity index (χ0v) is 18.6. The fraction of sp³-hybridized carbons (Fsp3) is 0.148. The average Bonchev–Trinajstić information content (AvgIpc) is 3.18. The minimum Gasteiger partial charge on any atom is -0.478 e. The van der Waals surface area contributed by atoms with Crippen LogP contribution < -0.4 is 10.2 Å². The highest BCUT2D eigenvalue weighted by Crippen LogP contribution is 2.44. The molecule has 34 heavy (non-hydrogen) atoms. The lowest BCUT2D eigenvalue weighted by Crippen LogP contribution is -2.27. The summed E-state index contributed by atoms with van der Waals surface area (Å²) in [4.78, 5) is 37.0. The largest absolute Gasteiger partial charge is 0.478 e. The van der Waals surface area contributed by atoms with Gasteiger partial charge in [-0.15, -0.1) is 0 Å². The lowest BCUT2D eigenvalue weighted by Gasteiger charge is -2.16. The van der Waals surface area contributed by atoms with Crippen LogP contribution in [0.25, 0.3) is 11.1 Å². The Morgan fingerprint density at radius 1 is 0.971 bits per heavy atom. The quantitative estimate of drug-likeness (QED) is 0.513. The topological polar surface area (TPSA) is 95.9 Å². The maximum atomic E-state index is 12.4. The summed E-state index contributed by atoms with van der Waals surface area (Å²) >= 11 is 0. The Morgan fingerprint density at radius 3 is 2.26 bits per heavy atom. The number of hydrogen-bond acceptors (Lipinski definition) is 4. The van der Waals surface area contributed by atoms with Crippen molar-refractivity contribution in [2.24, 2.45) is 0 Å². The number of carboxylic acid groups (broad SMARTS) is 1. The highest BCUT2D eigenvalue weighted by Gasteiger charge is 2.28. The molecule has 0 atom stereocenters. The van der Waals surface area contributed by atoms with Gasteiger partial charge in [0.05, 0.1) is 5.56 Å². The molecule has 0 saturated heterocycles. The van der Waals surface area contributed by atoms with E-state index in [-0.39, 0.29) is 30.5 Å². The number of aromatic carboxylic acids is 1. The SMILES string of the molecule is CN(C(=O)/C=C/CNC(=O)OCC1c2ccccc2-c2ccccc21)c1cccc(C(=O)O)c1. The van der Waals surface area contributed by atoms with Gasteiger partial charge < -0.3 is 20.1 Å². The number of hydrogen-bond donors (Lipinski definition) is 2. The number of rotatable bonds is 7. The molecular formula is C27H24N2O5. The molecule has 0 aromatic heterocycles. The van der Waals surface area contributed by atoms with Crippen molar-refractivity contribution in [3.63, 3.8) is 0 Å². The molecule has 0 fully saturated rings. The third kappa shape index (κ3) is 4.83. The van der Waals surface area contributed by atoms with Crippen molar-refractivity contribution in [1.29, 1.82) is 0 Å². The summed E-state index contributed by atoms with van der Waals surface area (Å²) in [5.74, 6) is -1.44. The van der Waals surface area contributed by atoms with E-state index in [4.69, 9.17) is 9.84 Å². The summed E-state index contributed by atoms with van der Waals surface area (Å²) in [6, 6.07) is 22.3. The molecular weight excluding hydrogens is 432 g/mol. The molecule has 0 saturated carbocycles. The fourth-order valence-electron chi connectivity index (χ4n) is 4.04. The first-order valence-electron chi connectivity index (χ1n) is 10.8. The van der Waals surface area contributed by atoms with Crippen molar-refractivity contribution in [3.8, 4) is 11.1 Å². The zero-order valence-electron chi connectivity index (χ0n) is 18.6. The predicted octanol–water partition coefficient (Wildman–Crippen LogP) is 4.44. The first kappa shape index (κ1) is 22.8. The first-order valence-corrected chi connectivity index (χ1v) is 10.8. The average molecular weight is 456 g/mol. The second-order valence-electron chi connectivity index (χ2n) is 7.86. The third-order valence-corrected chi connectivity index (χ3v) is 5.78. The standard InChI is InChI=1S/C27H24N2O5/c1-29(19-9-6-8-18(16-19)26(31)32)25(30)14-7-15-28-27(33)34-17-24-22-12-4-2-10-20(22)21-11-3-5-13-23(21)24/h2-14,16,24H,15,17H2,1H3,(H,28,33)(H,31,32)/b14-7+. The van der Waals surface area contributed by atoms with Crippen LogP contribution in [0, 0.1) is 0 Å². The Bertz CT molecular complexity index is 1220. The molecule has 2 N–H and O–H groups in total. The third-order valence-electron chi connectivity index (χ3n) is 5.78. The number of alkyl carbamates (subject to hydrolysis) is 1. The van der Waals surface area contributed by atoms with Crippen LogP contribution in [0.4, 0.5) is 10.5 Å². The van der Waals surface area contributed by atoms with Crippen molar-refractivity contribution >= 4 is 23.7 Å². The Kier molecular flexibility index (Phi) is 6.73. The molecule has 0 heterocycles. The van der Waals surface area contributed by atoms with Crippen molar-refractivity contribution in [2.45, 2.75) is 5.92 Å². The molecule has 1 aliphatic carbocycles. The lowest BCUT2D eigenvalue weighted by atomic mass is 9.98. The van der Waals surface area contributed by atoms with E-state index in [0.717, 1.165) is 22.3 Å². The lowest BCUT2D eigenvalue weighted by molar-refractivity contribution is -0.113. The summed E-state index contributed by atoms with van der Waals surface area (Å²) < 4.78 is 5.46. The van der Waals surface area contributed by atoms with Crippen molar-refractivity contribution in [2.75, 3.05) is 25.1 Å².